The molecule has 0 spiro atoms. The van der Waals surface area contributed by atoms with Crippen LogP contribution in [0.3, 0.4) is 0 Å². The van der Waals surface area contributed by atoms with Gasteiger partial charge >= 0.3 is 0 Å². The van der Waals surface area contributed by atoms with E-state index in [-0.39, 0.29) is 11.9 Å². The first kappa shape index (κ1) is 24.4. The minimum Gasteiger partial charge on any atom is -0.341 e. The summed E-state index contributed by atoms with van der Waals surface area (Å²) in [6, 6.07) is 17.3. The maximum Gasteiger partial charge on any atom is 0.249 e. The number of rotatable bonds is 10. The number of pyridine rings is 2. The van der Waals surface area contributed by atoms with Crippen molar-refractivity contribution in [2.75, 3.05) is 11.3 Å². The molecule has 3 aromatic heterocycles. The lowest BCUT2D eigenvalue weighted by atomic mass is 9.90. The second-order valence-corrected chi connectivity index (χ2v) is 11.1. The van der Waals surface area contributed by atoms with Crippen LogP contribution in [-0.4, -0.2) is 45.2 Å². The van der Waals surface area contributed by atoms with Gasteiger partial charge in [-0.25, -0.2) is 18.4 Å². The highest BCUT2D eigenvalue weighted by Crippen LogP contribution is 2.34. The fourth-order valence-corrected chi connectivity index (χ4v) is 5.89. The van der Waals surface area contributed by atoms with Gasteiger partial charge in [0.2, 0.25) is 10.0 Å². The van der Waals surface area contributed by atoms with E-state index in [1.54, 1.807) is 18.2 Å². The largest absolute Gasteiger partial charge is 0.341 e. The topological polar surface area (TPSA) is 130 Å². The van der Waals surface area contributed by atoms with Gasteiger partial charge < -0.3 is 10.7 Å². The van der Waals surface area contributed by atoms with Crippen molar-refractivity contribution in [2.24, 2.45) is 5.73 Å². The lowest BCUT2D eigenvalue weighted by Gasteiger charge is -2.34. The first-order chi connectivity index (χ1) is 17.5. The molecule has 2 atom stereocenters. The molecule has 0 amide bonds. The molecule has 0 bridgehead atoms. The van der Waals surface area contributed by atoms with Crippen molar-refractivity contribution in [1.82, 2.24) is 24.8 Å². The zero-order valence-corrected chi connectivity index (χ0v) is 20.9. The molecule has 188 valence electrons. The highest BCUT2D eigenvalue weighted by Gasteiger charge is 2.29. The summed E-state index contributed by atoms with van der Waals surface area (Å²) in [6.07, 6.45) is 7.43. The van der Waals surface area contributed by atoms with E-state index in [0.717, 1.165) is 41.8 Å². The summed E-state index contributed by atoms with van der Waals surface area (Å²) in [7, 11) is -3.75. The summed E-state index contributed by atoms with van der Waals surface area (Å²) in [6.45, 7) is 1.29. The van der Waals surface area contributed by atoms with E-state index in [4.69, 9.17) is 15.7 Å². The number of imidazole rings is 1. The molecule has 3 heterocycles. The minimum absolute atomic E-state index is 0.141. The molecule has 0 saturated carbocycles. The average molecular weight is 506 g/mol. The van der Waals surface area contributed by atoms with Crippen LogP contribution in [0.2, 0.25) is 0 Å². The third kappa shape index (κ3) is 5.56. The van der Waals surface area contributed by atoms with Crippen molar-refractivity contribution in [3.63, 3.8) is 0 Å². The van der Waals surface area contributed by atoms with Crippen molar-refractivity contribution in [1.29, 1.82) is 0 Å². The molecule has 2 unspecified atom stereocenters. The van der Waals surface area contributed by atoms with Crippen molar-refractivity contribution in [2.45, 2.75) is 50.1 Å². The maximum absolute atomic E-state index is 12.7. The number of aromatic nitrogens is 4. The predicted molar refractivity (Wildman–Crippen MR) is 140 cm³/mol. The number of nitrogens with zero attached hydrogens (tertiary/aromatic N) is 4. The van der Waals surface area contributed by atoms with Crippen LogP contribution in [0.4, 0.5) is 5.82 Å². The van der Waals surface area contributed by atoms with Gasteiger partial charge in [0.05, 0.1) is 29.3 Å². The van der Waals surface area contributed by atoms with E-state index in [9.17, 15) is 8.42 Å². The second-order valence-electron chi connectivity index (χ2n) is 9.17. The van der Waals surface area contributed by atoms with Gasteiger partial charge in [-0.1, -0.05) is 24.3 Å². The SMILES string of the molecule is NC(CCCN(Cc1nc2ccccc2[nH]1)C1CCCc2cccnc21)S(=O)(=O)Nc1ccccn1. The first-order valence-corrected chi connectivity index (χ1v) is 13.8. The quantitative estimate of drug-likeness (QED) is 0.299. The molecule has 1 aromatic carbocycles. The maximum atomic E-state index is 12.7. The van der Waals surface area contributed by atoms with Crippen LogP contribution < -0.4 is 10.5 Å². The number of para-hydroxylation sites is 2. The molecule has 9 nitrogen and oxygen atoms in total. The number of nitrogens with one attached hydrogen (secondary N) is 2. The van der Waals surface area contributed by atoms with Crippen LogP contribution in [0.5, 0.6) is 0 Å². The van der Waals surface area contributed by atoms with Crippen LogP contribution in [0.25, 0.3) is 11.0 Å². The van der Waals surface area contributed by atoms with E-state index in [0.29, 0.717) is 25.9 Å². The molecular weight excluding hydrogens is 474 g/mol. The number of H-pyrrole nitrogens is 1. The van der Waals surface area contributed by atoms with Crippen molar-refractivity contribution in [3.05, 3.63) is 84.1 Å². The standard InChI is InChI=1S/C26H31N7O2S/c27-23(36(34,35)32-24-14-3-4-15-28-24)13-7-17-33(18-25-30-20-10-1-2-11-21(20)31-25)22-12-5-8-19-9-6-16-29-26(19)22/h1-4,6,9-11,14-16,22-23H,5,7-8,12-13,17-18,27H2,(H,28,32)(H,30,31). The fraction of sp³-hybridized carbons (Fsp3) is 0.346. The van der Waals surface area contributed by atoms with E-state index < -0.39 is 15.4 Å². The van der Waals surface area contributed by atoms with E-state index in [1.807, 2.05) is 36.5 Å². The van der Waals surface area contributed by atoms with Gasteiger partial charge in [-0.15, -0.1) is 0 Å². The van der Waals surface area contributed by atoms with Crippen molar-refractivity contribution in [3.8, 4) is 0 Å². The van der Waals surface area contributed by atoms with Crippen molar-refractivity contribution < 1.29 is 8.42 Å². The Kier molecular flexibility index (Phi) is 7.26. The lowest BCUT2D eigenvalue weighted by molar-refractivity contribution is 0.159. The van der Waals surface area contributed by atoms with Gasteiger partial charge in [-0.3, -0.25) is 14.6 Å². The predicted octanol–water partition coefficient (Wildman–Crippen LogP) is 3.74. The van der Waals surface area contributed by atoms with E-state index in [2.05, 4.69) is 25.7 Å². The molecule has 4 N–H and O–H groups in total. The number of hydrogen-bond acceptors (Lipinski definition) is 7. The number of benzene rings is 1. The lowest BCUT2D eigenvalue weighted by Crippen LogP contribution is -2.37. The summed E-state index contributed by atoms with van der Waals surface area (Å²) in [5.74, 6) is 1.15. The monoisotopic (exact) mass is 505 g/mol. The smallest absolute Gasteiger partial charge is 0.249 e. The highest BCUT2D eigenvalue weighted by atomic mass is 32.2. The molecule has 36 heavy (non-hydrogen) atoms. The fourth-order valence-electron chi connectivity index (χ4n) is 4.85. The molecule has 0 aliphatic heterocycles. The Morgan fingerprint density at radius 2 is 1.92 bits per heavy atom. The first-order valence-electron chi connectivity index (χ1n) is 12.3. The Morgan fingerprint density at radius 1 is 1.08 bits per heavy atom. The Hall–Kier alpha value is -3.34. The van der Waals surface area contributed by atoms with Gasteiger partial charge in [0.1, 0.15) is 17.0 Å². The third-order valence-electron chi connectivity index (χ3n) is 6.64. The van der Waals surface area contributed by atoms with Gasteiger partial charge in [0, 0.05) is 12.4 Å². The number of aromatic amines is 1. The molecular formula is C26H31N7O2S. The molecule has 10 heteroatoms. The molecule has 0 radical (unpaired) electrons. The molecule has 0 fully saturated rings. The number of nitrogens with two attached hydrogens (primary N) is 1. The number of sulfonamides is 1. The third-order valence-corrected chi connectivity index (χ3v) is 8.17. The number of fused-ring (bicyclic) bond motifs is 2. The Balaban J connectivity index is 1.31. The Labute approximate surface area is 211 Å². The average Bonchev–Trinajstić information content (AvgIpc) is 3.30. The van der Waals surface area contributed by atoms with E-state index >= 15 is 0 Å². The number of hydrogen-bond donors (Lipinski definition) is 3. The van der Waals surface area contributed by atoms with Crippen LogP contribution in [0, 0.1) is 0 Å². The minimum atomic E-state index is -3.75. The van der Waals surface area contributed by atoms with E-state index in [1.165, 1.54) is 11.8 Å². The summed E-state index contributed by atoms with van der Waals surface area (Å²) < 4.78 is 27.9. The van der Waals surface area contributed by atoms with Gasteiger partial charge in [0.25, 0.3) is 0 Å². The summed E-state index contributed by atoms with van der Waals surface area (Å²) in [5, 5.41) is -1.04. The zero-order chi connectivity index (χ0) is 25.0. The van der Waals surface area contributed by atoms with Gasteiger partial charge in [-0.2, -0.15) is 0 Å². The van der Waals surface area contributed by atoms with Crippen LogP contribution in [0.15, 0.2) is 67.0 Å². The number of anilines is 1. The molecule has 5 rings (SSSR count). The van der Waals surface area contributed by atoms with Crippen LogP contribution in [-0.2, 0) is 23.0 Å². The zero-order valence-electron chi connectivity index (χ0n) is 20.0. The normalized spacial score (nSPS) is 16.7. The Bertz CT molecular complexity index is 1380. The molecule has 1 aliphatic carbocycles. The summed E-state index contributed by atoms with van der Waals surface area (Å²) in [4.78, 5) is 19.3. The molecule has 0 saturated heterocycles. The summed E-state index contributed by atoms with van der Waals surface area (Å²) >= 11 is 0. The van der Waals surface area contributed by atoms with Crippen LogP contribution >= 0.6 is 0 Å². The second kappa shape index (κ2) is 10.7. The molecule has 4 aromatic rings. The van der Waals surface area contributed by atoms with Gasteiger partial charge in [-0.05, 0) is 74.5 Å². The van der Waals surface area contributed by atoms with Gasteiger partial charge in [0.15, 0.2) is 0 Å². The van der Waals surface area contributed by atoms with Crippen molar-refractivity contribution >= 4 is 26.9 Å². The number of aryl methyl sites for hydroxylation is 1. The Morgan fingerprint density at radius 3 is 2.75 bits per heavy atom. The van der Waals surface area contributed by atoms with Crippen LogP contribution in [0.1, 0.15) is 48.8 Å². The molecule has 1 aliphatic rings. The summed E-state index contributed by atoms with van der Waals surface area (Å²) in [5.41, 5.74) is 10.4. The highest BCUT2D eigenvalue weighted by molar-refractivity contribution is 7.93.